The number of aryl methyl sites for hydroxylation is 2. The minimum absolute atomic E-state index is 0.315. The summed E-state index contributed by atoms with van der Waals surface area (Å²) in [5.41, 5.74) is 0.734. The molecule has 3 nitrogen and oxygen atoms in total. The highest BCUT2D eigenvalue weighted by Gasteiger charge is 2.17. The molecule has 0 fully saturated rings. The van der Waals surface area contributed by atoms with Crippen molar-refractivity contribution < 1.29 is 8.42 Å². The number of halogens is 1. The average molecular weight is 360 g/mol. The van der Waals surface area contributed by atoms with Crippen molar-refractivity contribution in [3.8, 4) is 0 Å². The summed E-state index contributed by atoms with van der Waals surface area (Å²) in [6, 6.07) is 9.16. The Hall–Kier alpha value is -0.690. The third kappa shape index (κ3) is 3.66. The molecule has 0 atom stereocenters. The quantitative estimate of drug-likeness (QED) is 0.906. The molecule has 1 aromatic heterocycles. The van der Waals surface area contributed by atoms with Crippen molar-refractivity contribution in [3.63, 3.8) is 0 Å². The summed E-state index contributed by atoms with van der Waals surface area (Å²) >= 11 is 4.89. The molecule has 0 spiro atoms. The largest absolute Gasteiger partial charge is 0.241 e. The van der Waals surface area contributed by atoms with Gasteiger partial charge in [-0.15, -0.1) is 11.3 Å². The zero-order chi connectivity index (χ0) is 14.0. The molecule has 0 aliphatic heterocycles. The SMILES string of the molecule is Cc1ccc(CNS(=O)(=O)c2cc(Br)ccc2C)s1. The lowest BCUT2D eigenvalue weighted by molar-refractivity contribution is 0.581. The van der Waals surface area contributed by atoms with Crippen LogP contribution in [-0.2, 0) is 16.6 Å². The first-order valence-corrected chi connectivity index (χ1v) is 8.79. The van der Waals surface area contributed by atoms with Crippen molar-refractivity contribution >= 4 is 37.3 Å². The first-order chi connectivity index (χ1) is 8.88. The van der Waals surface area contributed by atoms with Crippen molar-refractivity contribution in [1.29, 1.82) is 0 Å². The zero-order valence-corrected chi connectivity index (χ0v) is 13.8. The summed E-state index contributed by atoms with van der Waals surface area (Å²) in [5.74, 6) is 0. The Bertz CT molecular complexity index is 692. The number of hydrogen-bond donors (Lipinski definition) is 1. The Morgan fingerprint density at radius 2 is 1.95 bits per heavy atom. The first kappa shape index (κ1) is 14.7. The van der Waals surface area contributed by atoms with Gasteiger partial charge in [-0.3, -0.25) is 0 Å². The molecular weight excluding hydrogens is 346 g/mol. The first-order valence-electron chi connectivity index (χ1n) is 5.69. The Labute approximate surface area is 125 Å². The Balaban J connectivity index is 2.20. The molecule has 2 aromatic rings. The fourth-order valence-electron chi connectivity index (χ4n) is 1.69. The minimum atomic E-state index is -3.48. The third-order valence-corrected chi connectivity index (χ3v) is 5.71. The summed E-state index contributed by atoms with van der Waals surface area (Å²) in [6.07, 6.45) is 0. The highest BCUT2D eigenvalue weighted by molar-refractivity contribution is 9.10. The van der Waals surface area contributed by atoms with Crippen LogP contribution in [0.1, 0.15) is 15.3 Å². The molecule has 0 aliphatic rings. The Morgan fingerprint density at radius 3 is 2.58 bits per heavy atom. The van der Waals surface area contributed by atoms with E-state index in [0.29, 0.717) is 11.4 Å². The molecule has 1 N–H and O–H groups in total. The van der Waals surface area contributed by atoms with Gasteiger partial charge in [-0.1, -0.05) is 22.0 Å². The van der Waals surface area contributed by atoms with Crippen LogP contribution in [0.25, 0.3) is 0 Å². The summed E-state index contributed by atoms with van der Waals surface area (Å²) < 4.78 is 27.9. The van der Waals surface area contributed by atoms with Gasteiger partial charge in [-0.05, 0) is 43.7 Å². The van der Waals surface area contributed by atoms with Crippen LogP contribution >= 0.6 is 27.3 Å². The molecule has 1 heterocycles. The standard InChI is InChI=1S/C13H14BrNO2S2/c1-9-3-5-11(14)7-13(9)19(16,17)15-8-12-6-4-10(2)18-12/h3-7,15H,8H2,1-2H3. The smallest absolute Gasteiger partial charge is 0.207 e. The molecule has 0 aliphatic carbocycles. The maximum Gasteiger partial charge on any atom is 0.241 e. The predicted molar refractivity (Wildman–Crippen MR) is 82.0 cm³/mol. The lowest BCUT2D eigenvalue weighted by atomic mass is 10.2. The van der Waals surface area contributed by atoms with Crippen LogP contribution in [0.5, 0.6) is 0 Å². The maximum atomic E-state index is 12.3. The van der Waals surface area contributed by atoms with Gasteiger partial charge in [-0.2, -0.15) is 0 Å². The van der Waals surface area contributed by atoms with Crippen LogP contribution in [0.15, 0.2) is 39.7 Å². The second-order valence-corrected chi connectivity index (χ2v) is 8.27. The van der Waals surface area contributed by atoms with Gasteiger partial charge in [0.1, 0.15) is 0 Å². The summed E-state index contributed by atoms with van der Waals surface area (Å²) in [5, 5.41) is 0. The zero-order valence-electron chi connectivity index (χ0n) is 10.6. The lowest BCUT2D eigenvalue weighted by Gasteiger charge is -2.09. The van der Waals surface area contributed by atoms with E-state index in [0.717, 1.165) is 14.9 Å². The number of rotatable bonds is 4. The van der Waals surface area contributed by atoms with E-state index in [-0.39, 0.29) is 0 Å². The van der Waals surface area contributed by atoms with E-state index in [2.05, 4.69) is 20.7 Å². The van der Waals surface area contributed by atoms with E-state index in [4.69, 9.17) is 0 Å². The summed E-state index contributed by atoms with van der Waals surface area (Å²) in [7, 11) is -3.48. The second-order valence-electron chi connectivity index (χ2n) is 4.25. The second kappa shape index (κ2) is 5.75. The topological polar surface area (TPSA) is 46.2 Å². The fourth-order valence-corrected chi connectivity index (χ4v) is 4.40. The van der Waals surface area contributed by atoms with Crippen LogP contribution in [0.2, 0.25) is 0 Å². The van der Waals surface area contributed by atoms with Gasteiger partial charge in [0, 0.05) is 20.8 Å². The number of benzene rings is 1. The molecule has 2 rings (SSSR count). The minimum Gasteiger partial charge on any atom is -0.207 e. The van der Waals surface area contributed by atoms with E-state index in [9.17, 15) is 8.42 Å². The average Bonchev–Trinajstić information content (AvgIpc) is 2.76. The van der Waals surface area contributed by atoms with Gasteiger partial charge >= 0.3 is 0 Å². The fraction of sp³-hybridized carbons (Fsp3) is 0.231. The van der Waals surface area contributed by atoms with Gasteiger partial charge in [0.2, 0.25) is 10.0 Å². The Morgan fingerprint density at radius 1 is 1.21 bits per heavy atom. The van der Waals surface area contributed by atoms with Crippen molar-refractivity contribution in [3.05, 3.63) is 50.1 Å². The van der Waals surface area contributed by atoms with Crippen LogP contribution < -0.4 is 4.72 Å². The van der Waals surface area contributed by atoms with E-state index >= 15 is 0 Å². The normalized spacial score (nSPS) is 11.7. The number of hydrogen-bond acceptors (Lipinski definition) is 3. The van der Waals surface area contributed by atoms with Gasteiger partial charge in [0.25, 0.3) is 0 Å². The molecule has 0 amide bonds. The maximum absolute atomic E-state index is 12.3. The lowest BCUT2D eigenvalue weighted by Crippen LogP contribution is -2.23. The van der Waals surface area contributed by atoms with Gasteiger partial charge < -0.3 is 0 Å². The predicted octanol–water partition coefficient (Wildman–Crippen LogP) is 3.61. The van der Waals surface area contributed by atoms with E-state index in [1.165, 1.54) is 4.88 Å². The summed E-state index contributed by atoms with van der Waals surface area (Å²) in [4.78, 5) is 2.50. The van der Waals surface area contributed by atoms with Gasteiger partial charge in [0.05, 0.1) is 4.90 Å². The molecule has 0 bridgehead atoms. The third-order valence-electron chi connectivity index (χ3n) is 2.67. The van der Waals surface area contributed by atoms with Crippen LogP contribution in [0.4, 0.5) is 0 Å². The van der Waals surface area contributed by atoms with Crippen molar-refractivity contribution in [2.75, 3.05) is 0 Å². The molecule has 6 heteroatoms. The number of thiophene rings is 1. The molecule has 0 saturated heterocycles. The van der Waals surface area contributed by atoms with Crippen molar-refractivity contribution in [2.45, 2.75) is 25.3 Å². The van der Waals surface area contributed by atoms with E-state index in [1.54, 1.807) is 30.4 Å². The molecule has 0 saturated carbocycles. The van der Waals surface area contributed by atoms with Crippen LogP contribution in [-0.4, -0.2) is 8.42 Å². The van der Waals surface area contributed by atoms with E-state index < -0.39 is 10.0 Å². The molecule has 19 heavy (non-hydrogen) atoms. The molecular formula is C13H14BrNO2S2. The molecule has 102 valence electrons. The van der Waals surface area contributed by atoms with Crippen LogP contribution in [0.3, 0.4) is 0 Å². The number of nitrogens with one attached hydrogen (secondary N) is 1. The summed E-state index contributed by atoms with van der Waals surface area (Å²) in [6.45, 7) is 4.12. The van der Waals surface area contributed by atoms with Crippen LogP contribution in [0, 0.1) is 13.8 Å². The van der Waals surface area contributed by atoms with E-state index in [1.807, 2.05) is 25.1 Å². The highest BCUT2D eigenvalue weighted by Crippen LogP contribution is 2.21. The van der Waals surface area contributed by atoms with Gasteiger partial charge in [0.15, 0.2) is 0 Å². The molecule has 0 unspecified atom stereocenters. The number of sulfonamides is 1. The van der Waals surface area contributed by atoms with Crippen molar-refractivity contribution in [2.24, 2.45) is 0 Å². The molecule has 0 radical (unpaired) electrons. The van der Waals surface area contributed by atoms with Gasteiger partial charge in [-0.25, -0.2) is 13.1 Å². The monoisotopic (exact) mass is 359 g/mol. The Kier molecular flexibility index (Phi) is 4.45. The highest BCUT2D eigenvalue weighted by atomic mass is 79.9. The molecule has 1 aromatic carbocycles. The van der Waals surface area contributed by atoms with Crippen molar-refractivity contribution in [1.82, 2.24) is 4.72 Å².